The van der Waals surface area contributed by atoms with Crippen LogP contribution in [0.1, 0.15) is 12.1 Å². The van der Waals surface area contributed by atoms with Crippen molar-refractivity contribution in [2.45, 2.75) is 19.4 Å². The molecule has 3 aromatic heterocycles. The van der Waals surface area contributed by atoms with Crippen molar-refractivity contribution in [3.8, 4) is 11.3 Å². The summed E-state index contributed by atoms with van der Waals surface area (Å²) in [5.41, 5.74) is 4.48. The van der Waals surface area contributed by atoms with Crippen molar-refractivity contribution < 1.29 is 4.79 Å². The molecule has 0 saturated carbocycles. The van der Waals surface area contributed by atoms with E-state index in [2.05, 4.69) is 26.3 Å². The van der Waals surface area contributed by atoms with Gasteiger partial charge < -0.3 is 10.2 Å². The number of benzene rings is 1. The van der Waals surface area contributed by atoms with Crippen LogP contribution in [-0.4, -0.2) is 40.1 Å². The van der Waals surface area contributed by atoms with Crippen LogP contribution in [0.5, 0.6) is 0 Å². The second-order valence-electron chi connectivity index (χ2n) is 8.32. The first-order valence-corrected chi connectivity index (χ1v) is 10.8. The van der Waals surface area contributed by atoms with Crippen LogP contribution < -0.4 is 15.1 Å². The first kappa shape index (κ1) is 18.7. The highest BCUT2D eigenvalue weighted by Crippen LogP contribution is 2.40. The minimum absolute atomic E-state index is 0.0954. The molecular formula is C25H22N6O. The van der Waals surface area contributed by atoms with Gasteiger partial charge in [0, 0.05) is 53.7 Å². The van der Waals surface area contributed by atoms with Gasteiger partial charge in [-0.2, -0.15) is 0 Å². The minimum atomic E-state index is -0.159. The summed E-state index contributed by atoms with van der Waals surface area (Å²) in [5, 5.41) is 5.09. The summed E-state index contributed by atoms with van der Waals surface area (Å²) in [6.07, 6.45) is 6.30. The highest BCUT2D eigenvalue weighted by atomic mass is 16.2. The van der Waals surface area contributed by atoms with Crippen molar-refractivity contribution in [3.05, 3.63) is 72.8 Å². The lowest BCUT2D eigenvalue weighted by Crippen LogP contribution is -2.48. The Bertz CT molecular complexity index is 1330. The normalized spacial score (nSPS) is 16.8. The molecular weight excluding hydrogens is 400 g/mol. The molecule has 2 bridgehead atoms. The zero-order valence-corrected chi connectivity index (χ0v) is 17.7. The Morgan fingerprint density at radius 1 is 1.09 bits per heavy atom. The Kier molecular flexibility index (Phi) is 4.28. The van der Waals surface area contributed by atoms with E-state index in [1.165, 1.54) is 0 Å². The molecule has 32 heavy (non-hydrogen) atoms. The molecule has 0 aliphatic carbocycles. The standard InChI is InChI=1S/C25H22N6O/c1-16-5-6-18(14-27-16)21-7-8-23-24(28-21)31(19-10-12-30(23)15-19)25(32)29-22-4-2-3-17-13-26-11-9-20(17)22/h2-9,11,13-14,19H,10,12,15H2,1H3,(H,29,32)/t19-/m0/s1. The monoisotopic (exact) mass is 422 g/mol. The topological polar surface area (TPSA) is 74.2 Å². The molecule has 6 rings (SSSR count). The molecule has 0 radical (unpaired) electrons. The van der Waals surface area contributed by atoms with E-state index in [1.807, 2.05) is 60.5 Å². The molecule has 2 aliphatic rings. The van der Waals surface area contributed by atoms with Crippen LogP contribution in [-0.2, 0) is 0 Å². The Hall–Kier alpha value is -4.00. The van der Waals surface area contributed by atoms with Gasteiger partial charge in [0.2, 0.25) is 0 Å². The summed E-state index contributed by atoms with van der Waals surface area (Å²) in [7, 11) is 0. The molecule has 2 amide bonds. The first-order valence-electron chi connectivity index (χ1n) is 10.8. The van der Waals surface area contributed by atoms with Gasteiger partial charge in [0.1, 0.15) is 0 Å². The fourth-order valence-corrected chi connectivity index (χ4v) is 4.66. The zero-order valence-electron chi connectivity index (χ0n) is 17.7. The summed E-state index contributed by atoms with van der Waals surface area (Å²) in [5.74, 6) is 0.705. The number of nitrogens with one attached hydrogen (secondary N) is 1. The average Bonchev–Trinajstić information content (AvgIpc) is 3.24. The van der Waals surface area contributed by atoms with Gasteiger partial charge in [-0.05, 0) is 49.7 Å². The lowest BCUT2D eigenvalue weighted by Gasteiger charge is -2.36. The van der Waals surface area contributed by atoms with Gasteiger partial charge >= 0.3 is 6.03 Å². The molecule has 1 saturated heterocycles. The van der Waals surface area contributed by atoms with Gasteiger partial charge in [0.15, 0.2) is 5.82 Å². The van der Waals surface area contributed by atoms with Crippen molar-refractivity contribution in [1.29, 1.82) is 0 Å². The van der Waals surface area contributed by atoms with Gasteiger partial charge in [-0.25, -0.2) is 9.78 Å². The molecule has 1 atom stereocenters. The molecule has 1 N–H and O–H groups in total. The first-order chi connectivity index (χ1) is 15.7. The molecule has 1 fully saturated rings. The number of carbonyl (C=O) groups is 1. The maximum atomic E-state index is 13.6. The Morgan fingerprint density at radius 3 is 2.91 bits per heavy atom. The van der Waals surface area contributed by atoms with Gasteiger partial charge in [-0.1, -0.05) is 12.1 Å². The van der Waals surface area contributed by atoms with Crippen LogP contribution in [0.25, 0.3) is 22.0 Å². The molecule has 7 heteroatoms. The van der Waals surface area contributed by atoms with Crippen LogP contribution in [0.15, 0.2) is 67.1 Å². The second-order valence-corrected chi connectivity index (χ2v) is 8.32. The minimum Gasteiger partial charge on any atom is -0.366 e. The van der Waals surface area contributed by atoms with Crippen molar-refractivity contribution in [3.63, 3.8) is 0 Å². The number of hydrogen-bond acceptors (Lipinski definition) is 5. The molecule has 2 aliphatic heterocycles. The van der Waals surface area contributed by atoms with Gasteiger partial charge in [-0.3, -0.25) is 14.9 Å². The number of pyridine rings is 3. The molecule has 158 valence electrons. The van der Waals surface area contributed by atoms with E-state index in [4.69, 9.17) is 4.98 Å². The lowest BCUT2D eigenvalue weighted by molar-refractivity contribution is 0.255. The molecule has 1 aromatic carbocycles. The van der Waals surface area contributed by atoms with Crippen LogP contribution in [0.2, 0.25) is 0 Å². The van der Waals surface area contributed by atoms with Crippen LogP contribution in [0, 0.1) is 6.92 Å². The average molecular weight is 422 g/mol. The number of urea groups is 1. The number of aryl methyl sites for hydroxylation is 1. The van der Waals surface area contributed by atoms with Gasteiger partial charge in [0.25, 0.3) is 0 Å². The maximum Gasteiger partial charge on any atom is 0.327 e. The van der Waals surface area contributed by atoms with E-state index in [0.717, 1.165) is 58.6 Å². The summed E-state index contributed by atoms with van der Waals surface area (Å²) < 4.78 is 0. The maximum absolute atomic E-state index is 13.6. The summed E-state index contributed by atoms with van der Waals surface area (Å²) >= 11 is 0. The lowest BCUT2D eigenvalue weighted by atomic mass is 10.1. The van der Waals surface area contributed by atoms with Crippen molar-refractivity contribution in [2.24, 2.45) is 0 Å². The number of fused-ring (bicyclic) bond motifs is 5. The fraction of sp³-hybridized carbons (Fsp3) is 0.200. The van der Waals surface area contributed by atoms with Crippen LogP contribution in [0.4, 0.5) is 22.0 Å². The molecule has 0 spiro atoms. The Morgan fingerprint density at radius 2 is 2.03 bits per heavy atom. The number of amides is 2. The van der Waals surface area contributed by atoms with E-state index in [9.17, 15) is 4.79 Å². The number of rotatable bonds is 2. The number of aromatic nitrogens is 3. The van der Waals surface area contributed by atoms with E-state index in [-0.39, 0.29) is 12.1 Å². The zero-order chi connectivity index (χ0) is 21.7. The molecule has 5 heterocycles. The molecule has 4 aromatic rings. The highest BCUT2D eigenvalue weighted by molar-refractivity contribution is 6.09. The quantitative estimate of drug-likeness (QED) is 0.510. The Balaban J connectivity index is 1.40. The summed E-state index contributed by atoms with van der Waals surface area (Å²) in [6.45, 7) is 3.71. The molecule has 0 unspecified atom stereocenters. The van der Waals surface area contributed by atoms with Crippen LogP contribution >= 0.6 is 0 Å². The number of carbonyl (C=O) groups excluding carboxylic acids is 1. The van der Waals surface area contributed by atoms with E-state index in [1.54, 1.807) is 12.4 Å². The predicted octanol–water partition coefficient (Wildman–Crippen LogP) is 4.63. The SMILES string of the molecule is Cc1ccc(-c2ccc3c(n2)N(C(=O)Nc2cccc4cnccc24)[C@H]2CCN3C2)cn1. The molecule has 7 nitrogen and oxygen atoms in total. The van der Waals surface area contributed by atoms with E-state index in [0.29, 0.717) is 5.82 Å². The largest absolute Gasteiger partial charge is 0.366 e. The third-order valence-electron chi connectivity index (χ3n) is 6.30. The van der Waals surface area contributed by atoms with Crippen molar-refractivity contribution in [2.75, 3.05) is 28.2 Å². The third kappa shape index (κ3) is 3.05. The van der Waals surface area contributed by atoms with Crippen molar-refractivity contribution in [1.82, 2.24) is 15.0 Å². The fourth-order valence-electron chi connectivity index (χ4n) is 4.66. The smallest absolute Gasteiger partial charge is 0.327 e. The summed E-state index contributed by atoms with van der Waals surface area (Å²) in [6, 6.07) is 15.8. The highest BCUT2D eigenvalue weighted by Gasteiger charge is 2.40. The van der Waals surface area contributed by atoms with Crippen LogP contribution in [0.3, 0.4) is 0 Å². The summed E-state index contributed by atoms with van der Waals surface area (Å²) in [4.78, 5) is 31.3. The van der Waals surface area contributed by atoms with Gasteiger partial charge in [0.05, 0.1) is 23.1 Å². The van der Waals surface area contributed by atoms with E-state index >= 15 is 0 Å². The Labute approximate surface area is 185 Å². The van der Waals surface area contributed by atoms with Gasteiger partial charge in [-0.15, -0.1) is 0 Å². The third-order valence-corrected chi connectivity index (χ3v) is 6.30. The second kappa shape index (κ2) is 7.30. The van der Waals surface area contributed by atoms with E-state index < -0.39 is 0 Å². The predicted molar refractivity (Wildman–Crippen MR) is 126 cm³/mol. The number of nitrogens with zero attached hydrogens (tertiary/aromatic N) is 5. The van der Waals surface area contributed by atoms with Crippen molar-refractivity contribution >= 4 is 34.0 Å². The number of anilines is 3. The number of hydrogen-bond donors (Lipinski definition) is 1.